The number of amides is 1. The lowest BCUT2D eigenvalue weighted by atomic mass is 9.87. The molecule has 4 heteroatoms. The highest BCUT2D eigenvalue weighted by molar-refractivity contribution is 5.76. The van der Waals surface area contributed by atoms with Gasteiger partial charge in [0.1, 0.15) is 5.75 Å². The number of rotatable bonds is 6. The Hall–Kier alpha value is -1.55. The van der Waals surface area contributed by atoms with Crippen molar-refractivity contribution in [3.63, 3.8) is 0 Å². The molecular weight excluding hydrogens is 252 g/mol. The Kier molecular flexibility index (Phi) is 6.02. The average molecular weight is 278 g/mol. The van der Waals surface area contributed by atoms with Crippen molar-refractivity contribution in [2.75, 3.05) is 7.11 Å². The molecule has 20 heavy (non-hydrogen) atoms. The fourth-order valence-electron chi connectivity index (χ4n) is 2.15. The molecule has 3 N–H and O–H groups in total. The van der Waals surface area contributed by atoms with E-state index in [0.29, 0.717) is 13.0 Å². The van der Waals surface area contributed by atoms with Crippen LogP contribution in [-0.2, 0) is 11.3 Å². The first kappa shape index (κ1) is 16.5. The Bertz CT molecular complexity index is 438. The molecule has 1 atom stereocenters. The van der Waals surface area contributed by atoms with Crippen molar-refractivity contribution in [1.82, 2.24) is 5.32 Å². The summed E-state index contributed by atoms with van der Waals surface area (Å²) in [5.41, 5.74) is 7.16. The van der Waals surface area contributed by atoms with E-state index in [1.54, 1.807) is 7.11 Å². The molecular formula is C16H26N2O2. The van der Waals surface area contributed by atoms with E-state index in [1.807, 2.05) is 24.3 Å². The first-order chi connectivity index (χ1) is 9.30. The van der Waals surface area contributed by atoms with Crippen LogP contribution in [0, 0.1) is 5.41 Å². The van der Waals surface area contributed by atoms with E-state index in [9.17, 15) is 4.79 Å². The van der Waals surface area contributed by atoms with Crippen LogP contribution in [-0.4, -0.2) is 19.1 Å². The van der Waals surface area contributed by atoms with Crippen molar-refractivity contribution < 1.29 is 9.53 Å². The van der Waals surface area contributed by atoms with Crippen LogP contribution < -0.4 is 15.8 Å². The molecule has 0 aliphatic heterocycles. The molecule has 0 aliphatic carbocycles. The number of methoxy groups -OCH3 is 1. The normalized spacial score (nSPS) is 12.8. The molecule has 1 unspecified atom stereocenters. The van der Waals surface area contributed by atoms with E-state index in [4.69, 9.17) is 10.5 Å². The highest BCUT2D eigenvalue weighted by atomic mass is 16.5. The minimum absolute atomic E-state index is 0.00966. The number of hydrogen-bond donors (Lipinski definition) is 2. The summed E-state index contributed by atoms with van der Waals surface area (Å²) in [6.07, 6.45) is 1.20. The molecule has 0 bridgehead atoms. The zero-order chi connectivity index (χ0) is 15.2. The summed E-state index contributed by atoms with van der Waals surface area (Å²) in [5, 5.41) is 2.89. The van der Waals surface area contributed by atoms with Crippen LogP contribution in [0.1, 0.15) is 39.2 Å². The van der Waals surface area contributed by atoms with Crippen molar-refractivity contribution in [2.45, 2.75) is 46.2 Å². The van der Waals surface area contributed by atoms with Crippen LogP contribution in [0.4, 0.5) is 0 Å². The van der Waals surface area contributed by atoms with Gasteiger partial charge in [-0.05, 0) is 29.5 Å². The maximum Gasteiger partial charge on any atom is 0.221 e. The highest BCUT2D eigenvalue weighted by Gasteiger charge is 2.17. The van der Waals surface area contributed by atoms with E-state index < -0.39 is 0 Å². The Morgan fingerprint density at radius 3 is 2.70 bits per heavy atom. The van der Waals surface area contributed by atoms with Crippen LogP contribution in [0.15, 0.2) is 24.3 Å². The van der Waals surface area contributed by atoms with E-state index in [-0.39, 0.29) is 17.4 Å². The fraction of sp³-hybridized carbons (Fsp3) is 0.562. The summed E-state index contributed by atoms with van der Waals surface area (Å²) in [5.74, 6) is 0.783. The predicted molar refractivity (Wildman–Crippen MR) is 81.5 cm³/mol. The Morgan fingerprint density at radius 1 is 1.40 bits per heavy atom. The van der Waals surface area contributed by atoms with Gasteiger partial charge in [-0.2, -0.15) is 0 Å². The minimum Gasteiger partial charge on any atom is -0.497 e. The standard InChI is InChI=1S/C16H26N2O2/c1-16(2,3)10-13(17)9-15(19)18-11-12-6-5-7-14(8-12)20-4/h5-8,13H,9-11,17H2,1-4H3,(H,18,19). The maximum absolute atomic E-state index is 11.8. The highest BCUT2D eigenvalue weighted by Crippen LogP contribution is 2.21. The lowest BCUT2D eigenvalue weighted by molar-refractivity contribution is -0.121. The van der Waals surface area contributed by atoms with Crippen molar-refractivity contribution in [2.24, 2.45) is 11.1 Å². The Labute approximate surface area is 121 Å². The van der Waals surface area contributed by atoms with Gasteiger partial charge in [0.15, 0.2) is 0 Å². The zero-order valence-corrected chi connectivity index (χ0v) is 12.9. The van der Waals surface area contributed by atoms with Gasteiger partial charge in [-0.25, -0.2) is 0 Å². The monoisotopic (exact) mass is 278 g/mol. The molecule has 0 fully saturated rings. The summed E-state index contributed by atoms with van der Waals surface area (Å²) in [7, 11) is 1.63. The van der Waals surface area contributed by atoms with E-state index in [0.717, 1.165) is 17.7 Å². The van der Waals surface area contributed by atoms with Gasteiger partial charge in [0.05, 0.1) is 7.11 Å². The molecule has 0 saturated heterocycles. The summed E-state index contributed by atoms with van der Waals surface area (Å²) in [4.78, 5) is 11.8. The summed E-state index contributed by atoms with van der Waals surface area (Å²) in [6.45, 7) is 6.88. The SMILES string of the molecule is COc1cccc(CNC(=O)CC(N)CC(C)(C)C)c1. The van der Waals surface area contributed by atoms with E-state index in [2.05, 4.69) is 26.1 Å². The van der Waals surface area contributed by atoms with Crippen molar-refractivity contribution in [3.05, 3.63) is 29.8 Å². The Morgan fingerprint density at radius 2 is 2.10 bits per heavy atom. The number of hydrogen-bond acceptors (Lipinski definition) is 3. The number of carbonyl (C=O) groups excluding carboxylic acids is 1. The number of ether oxygens (including phenoxy) is 1. The van der Waals surface area contributed by atoms with Crippen molar-refractivity contribution in [1.29, 1.82) is 0 Å². The molecule has 0 saturated carbocycles. The van der Waals surface area contributed by atoms with Gasteiger partial charge in [0.25, 0.3) is 0 Å². The molecule has 0 radical (unpaired) electrons. The van der Waals surface area contributed by atoms with Crippen molar-refractivity contribution in [3.8, 4) is 5.75 Å². The lowest BCUT2D eigenvalue weighted by Crippen LogP contribution is -2.34. The van der Waals surface area contributed by atoms with Crippen LogP contribution >= 0.6 is 0 Å². The maximum atomic E-state index is 11.8. The van der Waals surface area contributed by atoms with Gasteiger partial charge in [0.2, 0.25) is 5.91 Å². The molecule has 1 aromatic carbocycles. The quantitative estimate of drug-likeness (QED) is 0.840. The van der Waals surface area contributed by atoms with E-state index in [1.165, 1.54) is 0 Å². The summed E-state index contributed by atoms with van der Waals surface area (Å²) in [6, 6.07) is 7.56. The number of nitrogens with one attached hydrogen (secondary N) is 1. The summed E-state index contributed by atoms with van der Waals surface area (Å²) >= 11 is 0. The molecule has 0 heterocycles. The van der Waals surface area contributed by atoms with Crippen LogP contribution in [0.3, 0.4) is 0 Å². The molecule has 1 rings (SSSR count). The second kappa shape index (κ2) is 7.29. The largest absolute Gasteiger partial charge is 0.497 e. The first-order valence-corrected chi connectivity index (χ1v) is 6.95. The molecule has 0 spiro atoms. The second-order valence-electron chi connectivity index (χ2n) is 6.36. The molecule has 112 valence electrons. The zero-order valence-electron chi connectivity index (χ0n) is 12.9. The van der Waals surface area contributed by atoms with Gasteiger partial charge < -0.3 is 15.8 Å². The molecule has 1 aromatic rings. The third-order valence-electron chi connectivity index (χ3n) is 2.95. The smallest absolute Gasteiger partial charge is 0.221 e. The first-order valence-electron chi connectivity index (χ1n) is 6.95. The van der Waals surface area contributed by atoms with Crippen LogP contribution in [0.25, 0.3) is 0 Å². The van der Waals surface area contributed by atoms with Gasteiger partial charge >= 0.3 is 0 Å². The van der Waals surface area contributed by atoms with Crippen LogP contribution in [0.2, 0.25) is 0 Å². The van der Waals surface area contributed by atoms with Crippen LogP contribution in [0.5, 0.6) is 5.75 Å². The minimum atomic E-state index is -0.0969. The molecule has 4 nitrogen and oxygen atoms in total. The fourth-order valence-corrected chi connectivity index (χ4v) is 2.15. The van der Waals surface area contributed by atoms with Gasteiger partial charge in [-0.1, -0.05) is 32.9 Å². The van der Waals surface area contributed by atoms with Crippen molar-refractivity contribution >= 4 is 5.91 Å². The molecule has 0 aromatic heterocycles. The van der Waals surface area contributed by atoms with Gasteiger partial charge in [0, 0.05) is 19.0 Å². The number of carbonyl (C=O) groups is 1. The third-order valence-corrected chi connectivity index (χ3v) is 2.95. The molecule has 1 amide bonds. The van der Waals surface area contributed by atoms with Gasteiger partial charge in [-0.3, -0.25) is 4.79 Å². The summed E-state index contributed by atoms with van der Waals surface area (Å²) < 4.78 is 5.15. The third kappa shape index (κ3) is 6.57. The second-order valence-corrected chi connectivity index (χ2v) is 6.36. The number of benzene rings is 1. The van der Waals surface area contributed by atoms with Gasteiger partial charge in [-0.15, -0.1) is 0 Å². The average Bonchev–Trinajstić information content (AvgIpc) is 2.34. The van der Waals surface area contributed by atoms with E-state index >= 15 is 0 Å². The Balaban J connectivity index is 2.39. The number of nitrogens with two attached hydrogens (primary N) is 1. The lowest BCUT2D eigenvalue weighted by Gasteiger charge is -2.22. The predicted octanol–water partition coefficient (Wildman–Crippen LogP) is 2.46. The topological polar surface area (TPSA) is 64.3 Å². The molecule has 0 aliphatic rings.